The van der Waals surface area contributed by atoms with Crippen LogP contribution in [0.2, 0.25) is 0 Å². The van der Waals surface area contributed by atoms with E-state index in [0.717, 1.165) is 11.8 Å². The highest BCUT2D eigenvalue weighted by atomic mass is 32.2. The van der Waals surface area contributed by atoms with Crippen molar-refractivity contribution in [3.8, 4) is 34.4 Å². The van der Waals surface area contributed by atoms with Crippen LogP contribution in [-0.2, 0) is 11.3 Å². The number of hydrogen-bond donors (Lipinski definition) is 1. The normalized spacial score (nSPS) is 12.5. The summed E-state index contributed by atoms with van der Waals surface area (Å²) < 4.78 is 22.8. The van der Waals surface area contributed by atoms with Crippen molar-refractivity contribution in [1.82, 2.24) is 14.8 Å². The molecule has 0 unspecified atom stereocenters. The van der Waals surface area contributed by atoms with E-state index in [2.05, 4.69) is 10.2 Å². The molecule has 12 nitrogen and oxygen atoms in total. The Morgan fingerprint density at radius 1 is 1.17 bits per heavy atom. The molecule has 2 heterocycles. The molecule has 2 aromatic carbocycles. The van der Waals surface area contributed by atoms with Crippen LogP contribution in [0.3, 0.4) is 0 Å². The Morgan fingerprint density at radius 3 is 2.40 bits per heavy atom. The van der Waals surface area contributed by atoms with Crippen LogP contribution < -0.4 is 18.9 Å². The molecule has 0 saturated heterocycles. The van der Waals surface area contributed by atoms with E-state index in [1.54, 1.807) is 22.8 Å². The number of aliphatic carboxylic acids is 1. The summed E-state index contributed by atoms with van der Waals surface area (Å²) in [6.07, 6.45) is 1.20. The highest BCUT2D eigenvalue weighted by molar-refractivity contribution is 8.04. The predicted octanol–water partition coefficient (Wildman–Crippen LogP) is 3.84. The molecule has 1 aliphatic heterocycles. The molecule has 1 aromatic heterocycles. The van der Waals surface area contributed by atoms with Gasteiger partial charge in [0.1, 0.15) is 16.4 Å². The van der Waals surface area contributed by atoms with Crippen molar-refractivity contribution in [3.63, 3.8) is 0 Å². The van der Waals surface area contributed by atoms with Gasteiger partial charge in [0, 0.05) is 18.2 Å². The topological polar surface area (TPSA) is 148 Å². The number of hydrogen-bond acceptors (Lipinski definition) is 10. The zero-order chi connectivity index (χ0) is 25.1. The molecule has 3 aromatic rings. The minimum absolute atomic E-state index is 0.0597. The van der Waals surface area contributed by atoms with Crippen LogP contribution >= 0.6 is 11.8 Å². The minimum atomic E-state index is -1.28. The first-order chi connectivity index (χ1) is 16.8. The summed E-state index contributed by atoms with van der Waals surface area (Å²) >= 11 is 0.826. The Kier molecular flexibility index (Phi) is 6.78. The molecule has 0 aliphatic carbocycles. The predicted molar refractivity (Wildman–Crippen MR) is 125 cm³/mol. The molecule has 4 rings (SSSR count). The van der Waals surface area contributed by atoms with Crippen LogP contribution in [-0.4, -0.2) is 51.8 Å². The number of fused-ring (bicyclic) bond motifs is 1. The van der Waals surface area contributed by atoms with Crippen LogP contribution in [0.1, 0.15) is 12.5 Å². The summed E-state index contributed by atoms with van der Waals surface area (Å²) in [7, 11) is 3.06. The van der Waals surface area contributed by atoms with Crippen molar-refractivity contribution in [2.24, 2.45) is 0 Å². The van der Waals surface area contributed by atoms with Crippen molar-refractivity contribution >= 4 is 29.5 Å². The number of methoxy groups -OCH3 is 2. The SMILES string of the molecule is CCn1c(S/C(=C\c2cc3c(cc2[N+](=O)[O-])OCO3)C(=O)O)nnc1-c1cc(OC)cc(OC)c1. The molecule has 13 heteroatoms. The van der Waals surface area contributed by atoms with Gasteiger partial charge in [0.2, 0.25) is 6.79 Å². The van der Waals surface area contributed by atoms with E-state index in [1.807, 2.05) is 6.92 Å². The monoisotopic (exact) mass is 500 g/mol. The number of ether oxygens (including phenoxy) is 4. The molecule has 1 aliphatic rings. The van der Waals surface area contributed by atoms with E-state index in [4.69, 9.17) is 18.9 Å². The molecule has 0 spiro atoms. The van der Waals surface area contributed by atoms with Gasteiger partial charge in [-0.3, -0.25) is 10.1 Å². The van der Waals surface area contributed by atoms with Gasteiger partial charge in [0.15, 0.2) is 22.5 Å². The van der Waals surface area contributed by atoms with Gasteiger partial charge in [-0.25, -0.2) is 4.79 Å². The maximum absolute atomic E-state index is 12.1. The zero-order valence-corrected chi connectivity index (χ0v) is 19.7. The van der Waals surface area contributed by atoms with Gasteiger partial charge in [0.05, 0.1) is 30.8 Å². The molecular weight excluding hydrogens is 480 g/mol. The second kappa shape index (κ2) is 9.93. The third-order valence-electron chi connectivity index (χ3n) is 5.06. The first-order valence-electron chi connectivity index (χ1n) is 10.2. The van der Waals surface area contributed by atoms with Crippen molar-refractivity contribution in [2.75, 3.05) is 21.0 Å². The molecule has 1 N–H and O–H groups in total. The Labute approximate surface area is 203 Å². The largest absolute Gasteiger partial charge is 0.497 e. The lowest BCUT2D eigenvalue weighted by Gasteiger charge is -2.10. The summed E-state index contributed by atoms with van der Waals surface area (Å²) in [5, 5.41) is 30.1. The van der Waals surface area contributed by atoms with E-state index < -0.39 is 10.9 Å². The van der Waals surface area contributed by atoms with Crippen LogP contribution in [0.5, 0.6) is 23.0 Å². The average Bonchev–Trinajstić information content (AvgIpc) is 3.48. The lowest BCUT2D eigenvalue weighted by Crippen LogP contribution is -2.03. The van der Waals surface area contributed by atoms with E-state index >= 15 is 0 Å². The van der Waals surface area contributed by atoms with Gasteiger partial charge in [-0.15, -0.1) is 10.2 Å². The first-order valence-corrected chi connectivity index (χ1v) is 11.0. The standard InChI is InChI=1S/C22H20N4O8S/c1-4-25-20(13-5-14(31-2)9-15(6-13)32-3)23-24-22(25)35-19(21(27)28)8-12-7-17-18(34-11-33-17)10-16(12)26(29)30/h5-10H,4,11H2,1-3H3,(H,27,28)/b19-8-. The smallest absolute Gasteiger partial charge is 0.342 e. The van der Waals surface area contributed by atoms with Crippen molar-refractivity contribution in [3.05, 3.63) is 50.9 Å². The van der Waals surface area contributed by atoms with Crippen LogP contribution in [0.15, 0.2) is 40.4 Å². The van der Waals surface area contributed by atoms with Crippen LogP contribution in [0.4, 0.5) is 5.69 Å². The molecule has 182 valence electrons. The summed E-state index contributed by atoms with van der Waals surface area (Å²) in [5.74, 6) is 0.828. The number of rotatable bonds is 9. The number of carboxylic acid groups (broad SMARTS) is 1. The highest BCUT2D eigenvalue weighted by Gasteiger charge is 2.25. The summed E-state index contributed by atoms with van der Waals surface area (Å²) in [5.41, 5.74) is 0.411. The van der Waals surface area contributed by atoms with Crippen LogP contribution in [0, 0.1) is 10.1 Å². The highest BCUT2D eigenvalue weighted by Crippen LogP contribution is 2.40. The van der Waals surface area contributed by atoms with Gasteiger partial charge >= 0.3 is 5.97 Å². The van der Waals surface area contributed by atoms with E-state index in [0.29, 0.717) is 40.3 Å². The van der Waals surface area contributed by atoms with Crippen molar-refractivity contribution < 1.29 is 33.8 Å². The molecule has 0 amide bonds. The van der Waals surface area contributed by atoms with Gasteiger partial charge in [-0.1, -0.05) is 0 Å². The summed E-state index contributed by atoms with van der Waals surface area (Å²) in [6, 6.07) is 7.83. The molecule has 0 fully saturated rings. The quantitative estimate of drug-likeness (QED) is 0.198. The van der Waals surface area contributed by atoms with E-state index in [-0.39, 0.29) is 28.7 Å². The second-order valence-electron chi connectivity index (χ2n) is 7.09. The number of benzene rings is 2. The lowest BCUT2D eigenvalue weighted by atomic mass is 10.1. The first kappa shape index (κ1) is 23.9. The maximum Gasteiger partial charge on any atom is 0.342 e. The van der Waals surface area contributed by atoms with Crippen molar-refractivity contribution in [2.45, 2.75) is 18.6 Å². The Bertz CT molecular complexity index is 1310. The van der Waals surface area contributed by atoms with E-state index in [1.165, 1.54) is 32.4 Å². The fourth-order valence-corrected chi connectivity index (χ4v) is 4.27. The third-order valence-corrected chi connectivity index (χ3v) is 6.06. The number of carboxylic acids is 1. The van der Waals surface area contributed by atoms with Gasteiger partial charge in [-0.05, 0) is 43.0 Å². The van der Waals surface area contributed by atoms with E-state index in [9.17, 15) is 20.0 Å². The van der Waals surface area contributed by atoms with Gasteiger partial charge in [0.25, 0.3) is 5.69 Å². The fraction of sp³-hybridized carbons (Fsp3) is 0.227. The molecule has 0 saturated carbocycles. The Hall–Kier alpha value is -4.26. The van der Waals surface area contributed by atoms with Crippen LogP contribution in [0.25, 0.3) is 17.5 Å². The number of thioether (sulfide) groups is 1. The number of nitrogens with zero attached hydrogens (tertiary/aromatic N) is 4. The van der Waals surface area contributed by atoms with Gasteiger partial charge in [-0.2, -0.15) is 0 Å². The van der Waals surface area contributed by atoms with Gasteiger partial charge < -0.3 is 28.6 Å². The Balaban J connectivity index is 1.74. The number of nitro groups is 1. The summed E-state index contributed by atoms with van der Waals surface area (Å²) in [6.45, 7) is 2.22. The Morgan fingerprint density at radius 2 is 1.83 bits per heavy atom. The molecule has 0 radical (unpaired) electrons. The molecular formula is C22H20N4O8S. The lowest BCUT2D eigenvalue weighted by molar-refractivity contribution is -0.385. The summed E-state index contributed by atoms with van der Waals surface area (Å²) in [4.78, 5) is 22.8. The number of nitro benzene ring substituents is 1. The molecule has 35 heavy (non-hydrogen) atoms. The second-order valence-corrected chi connectivity index (χ2v) is 8.10. The number of aromatic nitrogens is 3. The maximum atomic E-state index is 12.1. The molecule has 0 atom stereocenters. The van der Waals surface area contributed by atoms with Crippen molar-refractivity contribution in [1.29, 1.82) is 0 Å². The fourth-order valence-electron chi connectivity index (χ4n) is 3.39. The average molecular weight is 500 g/mol. The zero-order valence-electron chi connectivity index (χ0n) is 18.9. The third kappa shape index (κ3) is 4.84. The minimum Gasteiger partial charge on any atom is -0.497 e. The molecule has 0 bridgehead atoms. The number of carbonyl (C=O) groups is 1.